The normalized spacial score (nSPS) is 10.8. The average molecular weight is 373 g/mol. The van der Waals surface area contributed by atoms with Crippen molar-refractivity contribution in [3.63, 3.8) is 0 Å². The van der Waals surface area contributed by atoms with E-state index in [1.807, 2.05) is 60.8 Å². The Labute approximate surface area is 162 Å². The molecule has 0 radical (unpaired) electrons. The Morgan fingerprint density at radius 2 is 2.00 bits per heavy atom. The van der Waals surface area contributed by atoms with Gasteiger partial charge in [-0.25, -0.2) is 14.6 Å². The second-order valence-corrected chi connectivity index (χ2v) is 6.35. The summed E-state index contributed by atoms with van der Waals surface area (Å²) < 4.78 is 7.45. The number of nitrogens with zero attached hydrogens (tertiary/aromatic N) is 5. The van der Waals surface area contributed by atoms with E-state index in [0.29, 0.717) is 12.4 Å². The fourth-order valence-corrected chi connectivity index (χ4v) is 2.92. The van der Waals surface area contributed by atoms with Gasteiger partial charge in [-0.1, -0.05) is 24.3 Å². The summed E-state index contributed by atoms with van der Waals surface area (Å²) in [6, 6.07) is 17.3. The zero-order valence-corrected chi connectivity index (χ0v) is 15.4. The first-order chi connectivity index (χ1) is 13.7. The van der Waals surface area contributed by atoms with E-state index in [2.05, 4.69) is 15.1 Å². The third kappa shape index (κ3) is 3.83. The maximum absolute atomic E-state index is 12.5. The smallest absolute Gasteiger partial charge is 0.260 e. The molecule has 7 nitrogen and oxygen atoms in total. The van der Waals surface area contributed by atoms with Crippen LogP contribution in [0.25, 0.3) is 16.6 Å². The van der Waals surface area contributed by atoms with Crippen LogP contribution in [-0.2, 0) is 11.3 Å². The molecule has 0 atom stereocenters. The first-order valence-electron chi connectivity index (χ1n) is 8.86. The van der Waals surface area contributed by atoms with Crippen molar-refractivity contribution in [2.75, 3.05) is 13.7 Å². The van der Waals surface area contributed by atoms with Gasteiger partial charge in [0, 0.05) is 26.0 Å². The van der Waals surface area contributed by atoms with Gasteiger partial charge < -0.3 is 9.64 Å². The SMILES string of the molecule is CN(Cc1cccc(-n2cccn2)c1)C(=O)COc1ncnc2ccccc12. The van der Waals surface area contributed by atoms with Crippen molar-refractivity contribution in [2.24, 2.45) is 0 Å². The first-order valence-corrected chi connectivity index (χ1v) is 8.86. The largest absolute Gasteiger partial charge is 0.467 e. The van der Waals surface area contributed by atoms with Crippen LogP contribution in [0, 0.1) is 0 Å². The van der Waals surface area contributed by atoms with Crippen LogP contribution in [0.15, 0.2) is 73.3 Å². The van der Waals surface area contributed by atoms with Crippen molar-refractivity contribution >= 4 is 16.8 Å². The molecule has 0 unspecified atom stereocenters. The lowest BCUT2D eigenvalue weighted by atomic mass is 10.2. The molecule has 0 saturated carbocycles. The van der Waals surface area contributed by atoms with E-state index in [4.69, 9.17) is 4.74 Å². The molecule has 0 aliphatic rings. The van der Waals surface area contributed by atoms with Crippen LogP contribution in [0.5, 0.6) is 5.88 Å². The number of carbonyl (C=O) groups is 1. The van der Waals surface area contributed by atoms with Crippen molar-refractivity contribution in [1.29, 1.82) is 0 Å². The Hall–Kier alpha value is -3.74. The summed E-state index contributed by atoms with van der Waals surface area (Å²) in [6.45, 7) is 0.387. The monoisotopic (exact) mass is 373 g/mol. The van der Waals surface area contributed by atoms with Crippen LogP contribution in [0.1, 0.15) is 5.56 Å². The van der Waals surface area contributed by atoms with E-state index in [-0.39, 0.29) is 12.5 Å². The van der Waals surface area contributed by atoms with Gasteiger partial charge in [-0.05, 0) is 35.9 Å². The highest BCUT2D eigenvalue weighted by atomic mass is 16.5. The van der Waals surface area contributed by atoms with E-state index in [9.17, 15) is 4.79 Å². The lowest BCUT2D eigenvalue weighted by Gasteiger charge is -2.18. The number of rotatable bonds is 6. The van der Waals surface area contributed by atoms with Crippen LogP contribution in [0.3, 0.4) is 0 Å². The van der Waals surface area contributed by atoms with Crippen molar-refractivity contribution in [1.82, 2.24) is 24.6 Å². The molecule has 0 saturated heterocycles. The van der Waals surface area contributed by atoms with Crippen LogP contribution in [0.2, 0.25) is 0 Å². The second kappa shape index (κ2) is 7.87. The maximum atomic E-state index is 12.5. The third-order valence-corrected chi connectivity index (χ3v) is 4.36. The predicted molar refractivity (Wildman–Crippen MR) is 105 cm³/mol. The minimum Gasteiger partial charge on any atom is -0.467 e. The summed E-state index contributed by atoms with van der Waals surface area (Å²) in [5.74, 6) is 0.278. The number of para-hydroxylation sites is 1. The molecule has 4 aromatic rings. The second-order valence-electron chi connectivity index (χ2n) is 6.35. The van der Waals surface area contributed by atoms with Crippen LogP contribution in [-0.4, -0.2) is 44.2 Å². The lowest BCUT2D eigenvalue weighted by Crippen LogP contribution is -2.31. The number of likely N-dealkylation sites (N-methyl/N-ethyl adjacent to an activating group) is 1. The quantitative estimate of drug-likeness (QED) is 0.520. The first kappa shape index (κ1) is 17.7. The molecule has 0 spiro atoms. The molecule has 0 fully saturated rings. The van der Waals surface area contributed by atoms with Gasteiger partial charge in [-0.15, -0.1) is 0 Å². The van der Waals surface area contributed by atoms with Crippen LogP contribution in [0.4, 0.5) is 0 Å². The molecule has 0 N–H and O–H groups in total. The number of carbonyl (C=O) groups excluding carboxylic acids is 1. The van der Waals surface area contributed by atoms with Gasteiger partial charge in [0.25, 0.3) is 5.91 Å². The number of amides is 1. The van der Waals surface area contributed by atoms with Crippen LogP contribution < -0.4 is 4.74 Å². The van der Waals surface area contributed by atoms with Gasteiger partial charge in [-0.2, -0.15) is 5.10 Å². The van der Waals surface area contributed by atoms with Crippen molar-refractivity contribution in [3.8, 4) is 11.6 Å². The van der Waals surface area contributed by atoms with Gasteiger partial charge in [0.05, 0.1) is 16.6 Å². The molecule has 0 aliphatic heterocycles. The molecule has 2 aromatic carbocycles. The molecular formula is C21H19N5O2. The molecule has 2 heterocycles. The zero-order valence-electron chi connectivity index (χ0n) is 15.4. The highest BCUT2D eigenvalue weighted by molar-refractivity contribution is 5.84. The van der Waals surface area contributed by atoms with Gasteiger partial charge in [0.1, 0.15) is 6.33 Å². The average Bonchev–Trinajstić information content (AvgIpc) is 3.27. The fraction of sp³-hybridized carbons (Fsp3) is 0.143. The van der Waals surface area contributed by atoms with E-state index in [1.54, 1.807) is 22.8 Å². The van der Waals surface area contributed by atoms with E-state index >= 15 is 0 Å². The molecule has 4 rings (SSSR count). The minimum atomic E-state index is -0.132. The molecule has 2 aromatic heterocycles. The van der Waals surface area contributed by atoms with Crippen molar-refractivity contribution in [2.45, 2.75) is 6.54 Å². The Morgan fingerprint density at radius 3 is 2.86 bits per heavy atom. The number of hydrogen-bond donors (Lipinski definition) is 0. The molecule has 140 valence electrons. The molecule has 7 heteroatoms. The Bertz CT molecular complexity index is 1090. The number of aromatic nitrogens is 4. The van der Waals surface area contributed by atoms with Crippen molar-refractivity contribution in [3.05, 3.63) is 78.9 Å². The van der Waals surface area contributed by atoms with Gasteiger partial charge in [0.2, 0.25) is 5.88 Å². The fourth-order valence-electron chi connectivity index (χ4n) is 2.92. The minimum absolute atomic E-state index is 0.0869. The Kier molecular flexibility index (Phi) is 4.97. The highest BCUT2D eigenvalue weighted by Crippen LogP contribution is 2.20. The summed E-state index contributed by atoms with van der Waals surface area (Å²) in [5.41, 5.74) is 2.74. The Balaban J connectivity index is 1.41. The van der Waals surface area contributed by atoms with Gasteiger partial charge in [-0.3, -0.25) is 4.79 Å². The summed E-state index contributed by atoms with van der Waals surface area (Å²) >= 11 is 0. The predicted octanol–water partition coefficient (Wildman–Crippen LogP) is 2.85. The number of ether oxygens (including phenoxy) is 1. The van der Waals surface area contributed by atoms with Crippen LogP contribution >= 0.6 is 0 Å². The van der Waals surface area contributed by atoms with Gasteiger partial charge in [0.15, 0.2) is 6.61 Å². The highest BCUT2D eigenvalue weighted by Gasteiger charge is 2.13. The van der Waals surface area contributed by atoms with Gasteiger partial charge >= 0.3 is 0 Å². The maximum Gasteiger partial charge on any atom is 0.260 e. The topological polar surface area (TPSA) is 73.1 Å². The summed E-state index contributed by atoms with van der Waals surface area (Å²) in [7, 11) is 1.75. The van der Waals surface area contributed by atoms with E-state index in [0.717, 1.165) is 22.2 Å². The lowest BCUT2D eigenvalue weighted by molar-refractivity contribution is -0.132. The zero-order chi connectivity index (χ0) is 19.3. The molecular weight excluding hydrogens is 354 g/mol. The summed E-state index contributed by atoms with van der Waals surface area (Å²) in [6.07, 6.45) is 5.05. The standard InChI is InChI=1S/C21H19N5O2/c1-25(13-16-6-4-7-17(12-16)26-11-5-10-24-26)20(27)14-28-21-18-8-2-3-9-19(18)22-15-23-21/h2-12,15H,13-14H2,1H3. The number of hydrogen-bond acceptors (Lipinski definition) is 5. The third-order valence-electron chi connectivity index (χ3n) is 4.36. The Morgan fingerprint density at radius 1 is 1.11 bits per heavy atom. The van der Waals surface area contributed by atoms with E-state index < -0.39 is 0 Å². The number of benzene rings is 2. The molecule has 1 amide bonds. The summed E-state index contributed by atoms with van der Waals surface area (Å²) in [5, 5.41) is 5.02. The number of fused-ring (bicyclic) bond motifs is 1. The van der Waals surface area contributed by atoms with E-state index in [1.165, 1.54) is 6.33 Å². The molecule has 0 aliphatic carbocycles. The molecule has 28 heavy (non-hydrogen) atoms. The van der Waals surface area contributed by atoms with Crippen molar-refractivity contribution < 1.29 is 9.53 Å². The summed E-state index contributed by atoms with van der Waals surface area (Å²) in [4.78, 5) is 22.5. The molecule has 0 bridgehead atoms.